The predicted octanol–water partition coefficient (Wildman–Crippen LogP) is 7.15. The summed E-state index contributed by atoms with van der Waals surface area (Å²) in [5.74, 6) is 9.64. The highest BCUT2D eigenvalue weighted by molar-refractivity contribution is 5.91. The summed E-state index contributed by atoms with van der Waals surface area (Å²) in [5, 5.41) is 12.2. The Morgan fingerprint density at radius 1 is 1.05 bits per heavy atom. The number of aliphatic hydroxyl groups is 1. The van der Waals surface area contributed by atoms with E-state index in [1.165, 1.54) is 16.8 Å². The van der Waals surface area contributed by atoms with E-state index in [0.29, 0.717) is 47.8 Å². The van der Waals surface area contributed by atoms with E-state index in [-0.39, 0.29) is 10.8 Å². The maximum atomic E-state index is 12.3. The molecule has 3 saturated carbocycles. The minimum atomic E-state index is -0.940. The molecule has 7 atom stereocenters. The molecule has 200 valence electrons. The number of hydrogen-bond acceptors (Lipinski definition) is 3. The third kappa shape index (κ3) is 4.58. The van der Waals surface area contributed by atoms with Gasteiger partial charge in [-0.25, -0.2) is 0 Å². The maximum Gasteiger partial charge on any atom is 0.155 e. The van der Waals surface area contributed by atoms with Crippen LogP contribution in [0, 0.1) is 46.3 Å². The number of benzene rings is 1. The standard InChI is InChI=1S/C34H47NO2/c1-22(2)35(7)25-11-8-23(9-12-25)29-21-33(6)30(16-17-34(33,37)19-18-32(3,4)5)28-14-10-24-20-26(36)13-15-27(24)31(28)29/h8-9,11-12,20,22,27-31,37H,10,13-17,21H2,1-7H3. The van der Waals surface area contributed by atoms with Crippen LogP contribution in [0.3, 0.4) is 0 Å². The molecule has 3 heteroatoms. The van der Waals surface area contributed by atoms with Crippen LogP contribution in [0.4, 0.5) is 5.69 Å². The van der Waals surface area contributed by atoms with E-state index in [4.69, 9.17) is 0 Å². The zero-order valence-corrected chi connectivity index (χ0v) is 24.1. The van der Waals surface area contributed by atoms with Gasteiger partial charge in [-0.3, -0.25) is 4.79 Å². The van der Waals surface area contributed by atoms with Gasteiger partial charge < -0.3 is 10.0 Å². The molecule has 4 aliphatic carbocycles. The van der Waals surface area contributed by atoms with Gasteiger partial charge in [-0.15, -0.1) is 0 Å². The average Bonchev–Trinajstić information content (AvgIpc) is 3.11. The molecule has 37 heavy (non-hydrogen) atoms. The molecule has 0 amide bonds. The SMILES string of the molecule is CC(C)N(C)c1ccc(C2CC3(C)C(CCC3(O)C#CC(C)(C)C)C3CCC4=CC(=O)CCC4C23)cc1. The summed E-state index contributed by atoms with van der Waals surface area (Å²) >= 11 is 0. The van der Waals surface area contributed by atoms with Gasteiger partial charge in [-0.2, -0.15) is 0 Å². The highest BCUT2D eigenvalue weighted by atomic mass is 16.3. The lowest BCUT2D eigenvalue weighted by Crippen LogP contribution is -2.54. The van der Waals surface area contributed by atoms with Crippen molar-refractivity contribution in [1.82, 2.24) is 0 Å². The highest BCUT2D eigenvalue weighted by Gasteiger charge is 2.64. The number of carbonyl (C=O) groups excluding carboxylic acids is 1. The molecule has 3 nitrogen and oxygen atoms in total. The number of anilines is 1. The summed E-state index contributed by atoms with van der Waals surface area (Å²) in [4.78, 5) is 14.6. The molecule has 1 N–H and O–H groups in total. The van der Waals surface area contributed by atoms with E-state index in [9.17, 15) is 9.90 Å². The zero-order chi connectivity index (χ0) is 26.8. The summed E-state index contributed by atoms with van der Waals surface area (Å²) in [6, 6.07) is 9.71. The number of hydrogen-bond donors (Lipinski definition) is 1. The van der Waals surface area contributed by atoms with Crippen molar-refractivity contribution in [3.05, 3.63) is 41.5 Å². The van der Waals surface area contributed by atoms with Crippen molar-refractivity contribution >= 4 is 11.5 Å². The molecule has 3 fully saturated rings. The van der Waals surface area contributed by atoms with Gasteiger partial charge in [0, 0.05) is 36.0 Å². The van der Waals surface area contributed by atoms with E-state index >= 15 is 0 Å². The second kappa shape index (κ2) is 9.30. The molecule has 0 aromatic heterocycles. The second-order valence-electron chi connectivity index (χ2n) is 14.1. The van der Waals surface area contributed by atoms with Crippen molar-refractivity contribution in [3.63, 3.8) is 0 Å². The van der Waals surface area contributed by atoms with Crippen molar-refractivity contribution in [2.45, 2.75) is 104 Å². The van der Waals surface area contributed by atoms with Crippen LogP contribution in [-0.2, 0) is 4.79 Å². The summed E-state index contributed by atoms with van der Waals surface area (Å²) in [5.41, 5.74) is 2.75. The third-order valence-electron chi connectivity index (χ3n) is 10.6. The van der Waals surface area contributed by atoms with Crippen LogP contribution in [0.15, 0.2) is 35.9 Å². The Bertz CT molecular complexity index is 1130. The summed E-state index contributed by atoms with van der Waals surface area (Å²) in [7, 11) is 2.16. The number of rotatable bonds is 3. The number of fused-ring (bicyclic) bond motifs is 5. The number of ketones is 1. The average molecular weight is 502 g/mol. The van der Waals surface area contributed by atoms with Crippen molar-refractivity contribution in [1.29, 1.82) is 0 Å². The fourth-order valence-electron chi connectivity index (χ4n) is 8.40. The monoisotopic (exact) mass is 501 g/mol. The van der Waals surface area contributed by atoms with Crippen LogP contribution in [0.2, 0.25) is 0 Å². The topological polar surface area (TPSA) is 40.5 Å². The Balaban J connectivity index is 1.57. The lowest BCUT2D eigenvalue weighted by molar-refractivity contribution is -0.117. The normalized spacial score (nSPS) is 37.2. The van der Waals surface area contributed by atoms with Gasteiger partial charge >= 0.3 is 0 Å². The van der Waals surface area contributed by atoms with Gasteiger partial charge in [-0.05, 0) is 127 Å². The number of carbonyl (C=O) groups is 1. The molecule has 1 aromatic carbocycles. The summed E-state index contributed by atoms with van der Waals surface area (Å²) < 4.78 is 0. The Labute approximate surface area is 225 Å². The van der Waals surface area contributed by atoms with E-state index in [1.807, 2.05) is 6.08 Å². The Morgan fingerprint density at radius 2 is 1.76 bits per heavy atom. The minimum absolute atomic E-state index is 0.127. The van der Waals surface area contributed by atoms with Crippen molar-refractivity contribution < 1.29 is 9.90 Å². The molecular weight excluding hydrogens is 454 g/mol. The molecule has 7 unspecified atom stereocenters. The van der Waals surface area contributed by atoms with Crippen LogP contribution < -0.4 is 4.90 Å². The Morgan fingerprint density at radius 3 is 2.41 bits per heavy atom. The minimum Gasteiger partial charge on any atom is -0.377 e. The third-order valence-corrected chi connectivity index (χ3v) is 10.6. The van der Waals surface area contributed by atoms with E-state index < -0.39 is 5.60 Å². The van der Waals surface area contributed by atoms with Gasteiger partial charge in [0.15, 0.2) is 5.78 Å². The summed E-state index contributed by atoms with van der Waals surface area (Å²) in [6.07, 6.45) is 8.65. The lowest BCUT2D eigenvalue weighted by Gasteiger charge is -2.58. The molecule has 0 spiro atoms. The molecule has 0 radical (unpaired) electrons. The van der Waals surface area contributed by atoms with E-state index in [2.05, 4.69) is 89.6 Å². The van der Waals surface area contributed by atoms with Gasteiger partial charge in [0.1, 0.15) is 5.60 Å². The molecule has 0 heterocycles. The zero-order valence-electron chi connectivity index (χ0n) is 24.1. The second-order valence-corrected chi connectivity index (χ2v) is 14.1. The van der Waals surface area contributed by atoms with Gasteiger partial charge in [0.2, 0.25) is 0 Å². The molecule has 0 bridgehead atoms. The fourth-order valence-corrected chi connectivity index (χ4v) is 8.40. The van der Waals surface area contributed by atoms with Crippen molar-refractivity contribution in [2.75, 3.05) is 11.9 Å². The van der Waals surface area contributed by atoms with Gasteiger partial charge in [-0.1, -0.05) is 36.5 Å². The summed E-state index contributed by atoms with van der Waals surface area (Å²) in [6.45, 7) is 13.2. The van der Waals surface area contributed by atoms with Crippen LogP contribution in [0.5, 0.6) is 0 Å². The molecule has 0 aliphatic heterocycles. The van der Waals surface area contributed by atoms with Crippen LogP contribution >= 0.6 is 0 Å². The number of allylic oxidation sites excluding steroid dienone is 1. The lowest BCUT2D eigenvalue weighted by atomic mass is 9.46. The van der Waals surface area contributed by atoms with Crippen molar-refractivity contribution in [2.24, 2.45) is 34.5 Å². The Hall–Kier alpha value is -2.05. The molecule has 0 saturated heterocycles. The predicted molar refractivity (Wildman–Crippen MR) is 152 cm³/mol. The van der Waals surface area contributed by atoms with Crippen LogP contribution in [-0.4, -0.2) is 29.6 Å². The quantitative estimate of drug-likeness (QED) is 0.447. The van der Waals surface area contributed by atoms with E-state index in [1.54, 1.807) is 0 Å². The van der Waals surface area contributed by atoms with Gasteiger partial charge in [0.05, 0.1) is 0 Å². The highest BCUT2D eigenvalue weighted by Crippen LogP contribution is 2.68. The largest absolute Gasteiger partial charge is 0.377 e. The molecule has 1 aromatic rings. The smallest absolute Gasteiger partial charge is 0.155 e. The number of nitrogens with zero attached hydrogens (tertiary/aromatic N) is 1. The van der Waals surface area contributed by atoms with Crippen molar-refractivity contribution in [3.8, 4) is 11.8 Å². The molecule has 4 aliphatic rings. The van der Waals surface area contributed by atoms with Crippen LogP contribution in [0.1, 0.15) is 98.0 Å². The first-order chi connectivity index (χ1) is 17.3. The molecular formula is C34H47NO2. The van der Waals surface area contributed by atoms with Crippen LogP contribution in [0.25, 0.3) is 0 Å². The van der Waals surface area contributed by atoms with E-state index in [0.717, 1.165) is 38.5 Å². The Kier molecular flexibility index (Phi) is 6.68. The maximum absolute atomic E-state index is 12.3. The van der Waals surface area contributed by atoms with Gasteiger partial charge in [0.25, 0.3) is 0 Å². The first-order valence-corrected chi connectivity index (χ1v) is 14.7. The first kappa shape index (κ1) is 26.6. The molecule has 5 rings (SSSR count). The fraction of sp³-hybridized carbons (Fsp3) is 0.676. The first-order valence-electron chi connectivity index (χ1n) is 14.7.